The van der Waals surface area contributed by atoms with Crippen LogP contribution in [0.15, 0.2) is 18.2 Å². The van der Waals surface area contributed by atoms with Crippen LogP contribution in [0.1, 0.15) is 24.8 Å². The number of hydrogen-bond donors (Lipinski definition) is 1. The summed E-state index contributed by atoms with van der Waals surface area (Å²) in [5.41, 5.74) is 5.11. The van der Waals surface area contributed by atoms with E-state index < -0.39 is 0 Å². The molecule has 1 heterocycles. The number of piperidine rings is 1. The maximum atomic E-state index is 6.33. The van der Waals surface area contributed by atoms with E-state index in [0.717, 1.165) is 29.4 Å². The van der Waals surface area contributed by atoms with Crippen molar-refractivity contribution in [2.24, 2.45) is 0 Å². The summed E-state index contributed by atoms with van der Waals surface area (Å²) in [7, 11) is 1.61. The van der Waals surface area contributed by atoms with Crippen LogP contribution < -0.4 is 10.4 Å². The number of nitrogens with zero attached hydrogens (tertiary/aromatic N) is 1. The zero-order valence-electron chi connectivity index (χ0n) is 10.2. The fourth-order valence-corrected chi connectivity index (χ4v) is 2.53. The van der Waals surface area contributed by atoms with Crippen molar-refractivity contribution < 1.29 is 4.84 Å². The number of nitrogens with one attached hydrogen (secondary N) is 1. The molecule has 0 amide bonds. The molecule has 0 saturated carbocycles. The van der Waals surface area contributed by atoms with Gasteiger partial charge in [0, 0.05) is 19.6 Å². The third-order valence-electron chi connectivity index (χ3n) is 3.13. The summed E-state index contributed by atoms with van der Waals surface area (Å²) in [5, 5.41) is 0.835. The summed E-state index contributed by atoms with van der Waals surface area (Å²) in [6, 6.07) is 6.22. The van der Waals surface area contributed by atoms with Crippen molar-refractivity contribution in [3.05, 3.63) is 28.8 Å². The lowest BCUT2D eigenvalue weighted by molar-refractivity contribution is 0.0867. The molecular weight excluding hydrogens is 236 g/mol. The van der Waals surface area contributed by atoms with E-state index in [1.807, 2.05) is 6.07 Å². The van der Waals surface area contributed by atoms with Gasteiger partial charge in [-0.05, 0) is 37.0 Å². The molecule has 1 aromatic rings. The van der Waals surface area contributed by atoms with Gasteiger partial charge in [-0.15, -0.1) is 0 Å². The van der Waals surface area contributed by atoms with E-state index in [4.69, 9.17) is 16.4 Å². The number of benzene rings is 1. The van der Waals surface area contributed by atoms with E-state index in [-0.39, 0.29) is 0 Å². The van der Waals surface area contributed by atoms with E-state index in [2.05, 4.69) is 22.5 Å². The maximum absolute atomic E-state index is 6.33. The largest absolute Gasteiger partial charge is 0.370 e. The third-order valence-corrected chi connectivity index (χ3v) is 3.43. The predicted octanol–water partition coefficient (Wildman–Crippen LogP) is 2.98. The first-order valence-corrected chi connectivity index (χ1v) is 6.48. The molecule has 0 radical (unpaired) electrons. The van der Waals surface area contributed by atoms with Gasteiger partial charge in [0.25, 0.3) is 0 Å². The Morgan fingerprint density at radius 3 is 2.71 bits per heavy atom. The third kappa shape index (κ3) is 3.35. The molecule has 1 aromatic carbocycles. The second kappa shape index (κ2) is 6.24. The van der Waals surface area contributed by atoms with Crippen molar-refractivity contribution in [1.29, 1.82) is 0 Å². The summed E-state index contributed by atoms with van der Waals surface area (Å²) < 4.78 is 0. The van der Waals surface area contributed by atoms with Gasteiger partial charge in [-0.2, -0.15) is 5.48 Å². The monoisotopic (exact) mass is 254 g/mol. The molecule has 3 nitrogen and oxygen atoms in total. The van der Waals surface area contributed by atoms with Crippen LogP contribution in [-0.2, 0) is 11.4 Å². The Morgan fingerprint density at radius 2 is 2.06 bits per heavy atom. The van der Waals surface area contributed by atoms with Gasteiger partial charge in [0.15, 0.2) is 0 Å². The normalized spacial score (nSPS) is 16.2. The van der Waals surface area contributed by atoms with E-state index in [0.29, 0.717) is 6.54 Å². The van der Waals surface area contributed by atoms with E-state index in [1.165, 1.54) is 19.3 Å². The van der Waals surface area contributed by atoms with Crippen LogP contribution in [0.25, 0.3) is 0 Å². The average molecular weight is 255 g/mol. The van der Waals surface area contributed by atoms with Crippen LogP contribution in [0.2, 0.25) is 5.02 Å². The number of hydroxylamine groups is 1. The van der Waals surface area contributed by atoms with E-state index >= 15 is 0 Å². The Labute approximate surface area is 108 Å². The summed E-state index contributed by atoms with van der Waals surface area (Å²) in [5.74, 6) is 0. The Kier molecular flexibility index (Phi) is 4.66. The highest BCUT2D eigenvalue weighted by atomic mass is 35.5. The molecule has 17 heavy (non-hydrogen) atoms. The molecule has 1 aliphatic rings. The molecule has 1 aliphatic heterocycles. The maximum Gasteiger partial charge on any atom is 0.0642 e. The minimum absolute atomic E-state index is 0.677. The topological polar surface area (TPSA) is 24.5 Å². The number of rotatable bonds is 4. The Bertz CT molecular complexity index is 364. The van der Waals surface area contributed by atoms with Crippen LogP contribution >= 0.6 is 11.6 Å². The molecule has 0 unspecified atom stereocenters. The van der Waals surface area contributed by atoms with Gasteiger partial charge in [0.1, 0.15) is 0 Å². The van der Waals surface area contributed by atoms with Crippen LogP contribution in [-0.4, -0.2) is 20.2 Å². The number of hydrogen-bond acceptors (Lipinski definition) is 3. The van der Waals surface area contributed by atoms with Gasteiger partial charge >= 0.3 is 0 Å². The SMILES string of the molecule is CONCc1ccc(N2CCCCC2)c(Cl)c1. The smallest absolute Gasteiger partial charge is 0.0642 e. The zero-order valence-corrected chi connectivity index (χ0v) is 11.0. The number of anilines is 1. The molecule has 1 saturated heterocycles. The van der Waals surface area contributed by atoms with Crippen molar-refractivity contribution in [3.63, 3.8) is 0 Å². The van der Waals surface area contributed by atoms with Crippen molar-refractivity contribution >= 4 is 17.3 Å². The van der Waals surface area contributed by atoms with Gasteiger partial charge in [0.05, 0.1) is 17.8 Å². The predicted molar refractivity (Wildman–Crippen MR) is 71.4 cm³/mol. The molecule has 1 N–H and O–H groups in total. The summed E-state index contributed by atoms with van der Waals surface area (Å²) in [4.78, 5) is 7.20. The Balaban J connectivity index is 2.07. The molecule has 0 bridgehead atoms. The first kappa shape index (κ1) is 12.7. The molecule has 2 rings (SSSR count). The fraction of sp³-hybridized carbons (Fsp3) is 0.538. The van der Waals surface area contributed by atoms with E-state index in [9.17, 15) is 0 Å². The van der Waals surface area contributed by atoms with Gasteiger partial charge in [-0.25, -0.2) is 0 Å². The van der Waals surface area contributed by atoms with Crippen LogP contribution in [0.3, 0.4) is 0 Å². The molecule has 94 valence electrons. The second-order valence-corrected chi connectivity index (χ2v) is 4.77. The highest BCUT2D eigenvalue weighted by Gasteiger charge is 2.13. The van der Waals surface area contributed by atoms with Crippen LogP contribution in [0.4, 0.5) is 5.69 Å². The van der Waals surface area contributed by atoms with E-state index in [1.54, 1.807) is 7.11 Å². The molecule has 0 atom stereocenters. The first-order chi connectivity index (χ1) is 8.31. The summed E-state index contributed by atoms with van der Waals surface area (Å²) >= 11 is 6.33. The quantitative estimate of drug-likeness (QED) is 0.836. The standard InChI is InChI=1S/C13H19ClN2O/c1-17-15-10-11-5-6-13(12(14)9-11)16-7-3-2-4-8-16/h5-6,9,15H,2-4,7-8,10H2,1H3. The molecule has 0 aromatic heterocycles. The van der Waals surface area contributed by atoms with Gasteiger partial charge in [-0.1, -0.05) is 17.7 Å². The highest BCUT2D eigenvalue weighted by Crippen LogP contribution is 2.29. The molecule has 0 aliphatic carbocycles. The lowest BCUT2D eigenvalue weighted by atomic mass is 10.1. The molecule has 4 heteroatoms. The highest BCUT2D eigenvalue weighted by molar-refractivity contribution is 6.33. The summed E-state index contributed by atoms with van der Waals surface area (Å²) in [6.07, 6.45) is 3.87. The minimum atomic E-state index is 0.677. The van der Waals surface area contributed by atoms with Crippen molar-refractivity contribution in [1.82, 2.24) is 5.48 Å². The van der Waals surface area contributed by atoms with Gasteiger partial charge < -0.3 is 9.74 Å². The minimum Gasteiger partial charge on any atom is -0.370 e. The summed E-state index contributed by atoms with van der Waals surface area (Å²) in [6.45, 7) is 2.92. The zero-order chi connectivity index (χ0) is 12.1. The fourth-order valence-electron chi connectivity index (χ4n) is 2.21. The molecular formula is C13H19ClN2O. The number of halogens is 1. The second-order valence-electron chi connectivity index (χ2n) is 4.36. The van der Waals surface area contributed by atoms with Crippen LogP contribution in [0.5, 0.6) is 0 Å². The van der Waals surface area contributed by atoms with Gasteiger partial charge in [0.2, 0.25) is 0 Å². The van der Waals surface area contributed by atoms with Crippen molar-refractivity contribution in [2.75, 3.05) is 25.1 Å². The Hall–Kier alpha value is -0.770. The lowest BCUT2D eigenvalue weighted by Gasteiger charge is -2.29. The molecule has 1 fully saturated rings. The Morgan fingerprint density at radius 1 is 1.29 bits per heavy atom. The van der Waals surface area contributed by atoms with Crippen molar-refractivity contribution in [2.45, 2.75) is 25.8 Å². The lowest BCUT2D eigenvalue weighted by Crippen LogP contribution is -2.29. The van der Waals surface area contributed by atoms with Gasteiger partial charge in [-0.3, -0.25) is 0 Å². The van der Waals surface area contributed by atoms with Crippen molar-refractivity contribution in [3.8, 4) is 0 Å². The first-order valence-electron chi connectivity index (χ1n) is 6.10. The average Bonchev–Trinajstić information content (AvgIpc) is 2.37. The molecule has 0 spiro atoms. The van der Waals surface area contributed by atoms with Crippen LogP contribution in [0, 0.1) is 0 Å².